The molecule has 0 fully saturated rings. The van der Waals surface area contributed by atoms with Crippen LogP contribution in [0.3, 0.4) is 0 Å². The smallest absolute Gasteiger partial charge is 0.244 e. The van der Waals surface area contributed by atoms with Crippen LogP contribution in [0.1, 0.15) is 24.5 Å². The molecule has 3 rings (SSSR count). The SMILES string of the molecule is CCCNC(=O)[C@@H](Cc1ccccc1)N(Cc1c(Cl)cccc1Cl)C(=O)CN(c1ccc(F)cc1)S(C)(=O)=O. The summed E-state index contributed by atoms with van der Waals surface area (Å²) in [5, 5.41) is 3.45. The van der Waals surface area contributed by atoms with Crippen molar-refractivity contribution in [1.82, 2.24) is 10.2 Å². The molecule has 1 N–H and O–H groups in total. The summed E-state index contributed by atoms with van der Waals surface area (Å²) in [7, 11) is -3.96. The number of benzene rings is 3. The van der Waals surface area contributed by atoms with Gasteiger partial charge in [-0.05, 0) is 48.4 Å². The normalized spacial score (nSPS) is 12.0. The van der Waals surface area contributed by atoms with E-state index in [1.165, 1.54) is 17.0 Å². The van der Waals surface area contributed by atoms with Crippen LogP contribution >= 0.6 is 23.2 Å². The molecule has 0 bridgehead atoms. The molecule has 7 nitrogen and oxygen atoms in total. The average Bonchev–Trinajstić information content (AvgIpc) is 2.89. The highest BCUT2D eigenvalue weighted by Crippen LogP contribution is 2.28. The Bertz CT molecular complexity index is 1370. The third kappa shape index (κ3) is 8.42. The minimum Gasteiger partial charge on any atom is -0.354 e. The van der Waals surface area contributed by atoms with Gasteiger partial charge in [0.1, 0.15) is 18.4 Å². The summed E-state index contributed by atoms with van der Waals surface area (Å²) in [6.07, 6.45) is 1.80. The summed E-state index contributed by atoms with van der Waals surface area (Å²) < 4.78 is 39.9. The van der Waals surface area contributed by atoms with Gasteiger partial charge in [0.05, 0.1) is 11.9 Å². The molecule has 0 saturated heterocycles. The zero-order chi connectivity index (χ0) is 28.6. The Morgan fingerprint density at radius 1 is 0.949 bits per heavy atom. The van der Waals surface area contributed by atoms with Crippen LogP contribution in [0.2, 0.25) is 10.0 Å². The molecule has 2 amide bonds. The average molecular weight is 595 g/mol. The first-order chi connectivity index (χ1) is 18.5. The molecule has 11 heteroatoms. The fourth-order valence-corrected chi connectivity index (χ4v) is 5.36. The summed E-state index contributed by atoms with van der Waals surface area (Å²) in [6.45, 7) is 1.53. The monoisotopic (exact) mass is 593 g/mol. The number of carbonyl (C=O) groups is 2. The summed E-state index contributed by atoms with van der Waals surface area (Å²) in [5.74, 6) is -1.61. The Hall–Kier alpha value is -3.14. The van der Waals surface area contributed by atoms with Gasteiger partial charge in [0.25, 0.3) is 0 Å². The van der Waals surface area contributed by atoms with Crippen LogP contribution in [0.15, 0.2) is 72.8 Å². The minimum absolute atomic E-state index is 0.109. The number of halogens is 3. The van der Waals surface area contributed by atoms with Gasteiger partial charge in [-0.25, -0.2) is 12.8 Å². The molecule has 208 valence electrons. The van der Waals surface area contributed by atoms with E-state index >= 15 is 0 Å². The fraction of sp³-hybridized carbons (Fsp3) is 0.286. The Kier molecular flexibility index (Phi) is 10.7. The highest BCUT2D eigenvalue weighted by molar-refractivity contribution is 7.92. The summed E-state index contributed by atoms with van der Waals surface area (Å²) in [5.41, 5.74) is 1.33. The summed E-state index contributed by atoms with van der Waals surface area (Å²) in [6, 6.07) is 17.8. The van der Waals surface area contributed by atoms with Gasteiger partial charge in [-0.2, -0.15) is 0 Å². The van der Waals surface area contributed by atoms with Crippen molar-refractivity contribution in [2.24, 2.45) is 0 Å². The van der Waals surface area contributed by atoms with Gasteiger partial charge in [0.15, 0.2) is 0 Å². The van der Waals surface area contributed by atoms with Crippen LogP contribution in [0.5, 0.6) is 0 Å². The lowest BCUT2D eigenvalue weighted by atomic mass is 10.0. The molecular weight excluding hydrogens is 564 g/mol. The van der Waals surface area contributed by atoms with Crippen molar-refractivity contribution in [3.8, 4) is 0 Å². The van der Waals surface area contributed by atoms with Crippen molar-refractivity contribution < 1.29 is 22.4 Å². The third-order valence-corrected chi connectivity index (χ3v) is 7.85. The molecule has 0 unspecified atom stereocenters. The number of hydrogen-bond donors (Lipinski definition) is 1. The molecule has 0 aliphatic heterocycles. The second-order valence-electron chi connectivity index (χ2n) is 8.96. The van der Waals surface area contributed by atoms with Gasteiger partial charge >= 0.3 is 0 Å². The standard InChI is InChI=1S/C28H30Cl2FN3O4S/c1-3-16-32-28(36)26(17-20-8-5-4-6-9-20)33(18-23-24(29)10-7-11-25(23)30)27(35)19-34(39(2,37)38)22-14-12-21(31)13-15-22/h4-15,26H,3,16-19H2,1-2H3,(H,32,36)/t26-/m1/s1. The largest absolute Gasteiger partial charge is 0.354 e. The summed E-state index contributed by atoms with van der Waals surface area (Å²) in [4.78, 5) is 28.7. The van der Waals surface area contributed by atoms with Crippen LogP contribution in [0.4, 0.5) is 10.1 Å². The third-order valence-electron chi connectivity index (χ3n) is 6.00. The zero-order valence-electron chi connectivity index (χ0n) is 21.6. The van der Waals surface area contributed by atoms with Gasteiger partial charge in [-0.15, -0.1) is 0 Å². The molecule has 0 spiro atoms. The maximum absolute atomic E-state index is 14.0. The van der Waals surface area contributed by atoms with Crippen LogP contribution < -0.4 is 9.62 Å². The number of amides is 2. The number of nitrogens with one attached hydrogen (secondary N) is 1. The Labute approximate surface area is 238 Å². The van der Waals surface area contributed by atoms with Crippen molar-refractivity contribution in [2.75, 3.05) is 23.7 Å². The van der Waals surface area contributed by atoms with Gasteiger partial charge in [0, 0.05) is 35.1 Å². The van der Waals surface area contributed by atoms with Gasteiger partial charge in [-0.1, -0.05) is 66.5 Å². The van der Waals surface area contributed by atoms with E-state index in [2.05, 4.69) is 5.32 Å². The molecule has 3 aromatic rings. The molecule has 0 heterocycles. The van der Waals surface area contributed by atoms with E-state index in [1.54, 1.807) is 18.2 Å². The lowest BCUT2D eigenvalue weighted by Gasteiger charge is -2.34. The first-order valence-corrected chi connectivity index (χ1v) is 14.9. The van der Waals surface area contributed by atoms with Crippen molar-refractivity contribution in [3.05, 3.63) is 99.8 Å². The van der Waals surface area contributed by atoms with Crippen molar-refractivity contribution in [1.29, 1.82) is 0 Å². The molecule has 0 aliphatic carbocycles. The molecule has 0 radical (unpaired) electrons. The highest BCUT2D eigenvalue weighted by atomic mass is 35.5. The quantitative estimate of drug-likeness (QED) is 0.318. The van der Waals surface area contributed by atoms with Crippen molar-refractivity contribution >= 4 is 50.7 Å². The minimum atomic E-state index is -3.96. The zero-order valence-corrected chi connectivity index (χ0v) is 23.9. The van der Waals surface area contributed by atoms with Gasteiger partial charge in [0.2, 0.25) is 21.8 Å². The van der Waals surface area contributed by atoms with E-state index in [4.69, 9.17) is 23.2 Å². The van der Waals surface area contributed by atoms with E-state index in [9.17, 15) is 22.4 Å². The molecule has 0 aromatic heterocycles. The number of nitrogens with zero attached hydrogens (tertiary/aromatic N) is 2. The van der Waals surface area contributed by atoms with Crippen molar-refractivity contribution in [3.63, 3.8) is 0 Å². The lowest BCUT2D eigenvalue weighted by Crippen LogP contribution is -2.53. The lowest BCUT2D eigenvalue weighted by molar-refractivity contribution is -0.140. The first-order valence-electron chi connectivity index (χ1n) is 12.3. The van der Waals surface area contributed by atoms with E-state index in [0.717, 1.165) is 28.3 Å². The first kappa shape index (κ1) is 30.4. The number of hydrogen-bond acceptors (Lipinski definition) is 4. The second-order valence-corrected chi connectivity index (χ2v) is 11.7. The van der Waals surface area contributed by atoms with Crippen LogP contribution in [-0.4, -0.2) is 50.5 Å². The maximum atomic E-state index is 14.0. The molecular formula is C28H30Cl2FN3O4S. The Balaban J connectivity index is 2.08. The number of carbonyl (C=O) groups excluding carboxylic acids is 2. The predicted octanol–water partition coefficient (Wildman–Crippen LogP) is 5.06. The maximum Gasteiger partial charge on any atom is 0.244 e. The molecule has 0 aliphatic rings. The van der Waals surface area contributed by atoms with Crippen LogP contribution in [0.25, 0.3) is 0 Å². The van der Waals surface area contributed by atoms with E-state index in [1.807, 2.05) is 37.3 Å². The predicted molar refractivity (Wildman–Crippen MR) is 153 cm³/mol. The number of sulfonamides is 1. The second kappa shape index (κ2) is 13.8. The Morgan fingerprint density at radius 3 is 2.13 bits per heavy atom. The molecule has 1 atom stereocenters. The van der Waals surface area contributed by atoms with E-state index < -0.39 is 40.2 Å². The van der Waals surface area contributed by atoms with E-state index in [0.29, 0.717) is 28.6 Å². The van der Waals surface area contributed by atoms with Crippen LogP contribution in [0, 0.1) is 5.82 Å². The van der Waals surface area contributed by atoms with Crippen LogP contribution in [-0.2, 0) is 32.6 Å². The fourth-order valence-electron chi connectivity index (χ4n) is 3.99. The van der Waals surface area contributed by atoms with E-state index in [-0.39, 0.29) is 18.7 Å². The summed E-state index contributed by atoms with van der Waals surface area (Å²) >= 11 is 12.9. The Morgan fingerprint density at radius 2 is 1.56 bits per heavy atom. The highest BCUT2D eigenvalue weighted by Gasteiger charge is 2.33. The topological polar surface area (TPSA) is 86.8 Å². The van der Waals surface area contributed by atoms with Crippen molar-refractivity contribution in [2.45, 2.75) is 32.4 Å². The molecule has 0 saturated carbocycles. The molecule has 39 heavy (non-hydrogen) atoms. The number of rotatable bonds is 12. The van der Waals surface area contributed by atoms with Gasteiger partial charge < -0.3 is 10.2 Å². The van der Waals surface area contributed by atoms with Gasteiger partial charge in [-0.3, -0.25) is 13.9 Å². The number of anilines is 1. The molecule has 3 aromatic carbocycles.